The van der Waals surface area contributed by atoms with Crippen molar-refractivity contribution < 1.29 is 9.53 Å². The number of Topliss-reactive ketones (excluding diaryl/α,β-unsaturated/α-hetero) is 1. The molecule has 1 heterocycles. The Balaban J connectivity index is 1.66. The van der Waals surface area contributed by atoms with E-state index >= 15 is 0 Å². The summed E-state index contributed by atoms with van der Waals surface area (Å²) in [7, 11) is 0. The molecule has 0 unspecified atom stereocenters. The number of hydrogen-bond donors (Lipinski definition) is 0. The molecular weight excluding hydrogens is 276 g/mol. The number of carbonyl (C=O) groups is 1. The van der Waals surface area contributed by atoms with Crippen molar-refractivity contribution in [2.75, 3.05) is 6.61 Å². The lowest BCUT2D eigenvalue weighted by atomic mass is 9.50. The summed E-state index contributed by atoms with van der Waals surface area (Å²) in [6, 6.07) is 0.416. The monoisotopic (exact) mass is 302 g/mol. The van der Waals surface area contributed by atoms with Gasteiger partial charge < -0.3 is 9.30 Å². The quantitative estimate of drug-likeness (QED) is 0.857. The van der Waals surface area contributed by atoms with Crippen LogP contribution in [-0.4, -0.2) is 28.0 Å². The van der Waals surface area contributed by atoms with Crippen LogP contribution in [0, 0.1) is 10.8 Å². The van der Waals surface area contributed by atoms with Gasteiger partial charge in [-0.25, -0.2) is 4.98 Å². The second-order valence-electron chi connectivity index (χ2n) is 8.17. The largest absolute Gasteiger partial charge is 0.378 e. The van der Waals surface area contributed by atoms with Gasteiger partial charge in [0.25, 0.3) is 0 Å². The molecule has 2 atom stereocenters. The van der Waals surface area contributed by atoms with Crippen molar-refractivity contribution in [3.8, 4) is 0 Å². The zero-order chi connectivity index (χ0) is 15.5. The Kier molecular flexibility index (Phi) is 3.06. The average Bonchev–Trinajstić information content (AvgIpc) is 2.73. The van der Waals surface area contributed by atoms with Crippen LogP contribution in [0.4, 0.5) is 0 Å². The molecule has 4 rings (SSSR count). The van der Waals surface area contributed by atoms with Crippen molar-refractivity contribution >= 4 is 5.78 Å². The molecule has 1 spiro atoms. The summed E-state index contributed by atoms with van der Waals surface area (Å²) in [6.07, 6.45) is 8.65. The number of ether oxygens (including phenoxy) is 1. The van der Waals surface area contributed by atoms with E-state index in [-0.39, 0.29) is 16.6 Å². The van der Waals surface area contributed by atoms with E-state index in [4.69, 9.17) is 4.74 Å². The number of imidazole rings is 1. The summed E-state index contributed by atoms with van der Waals surface area (Å²) in [4.78, 5) is 17.3. The fourth-order valence-corrected chi connectivity index (χ4v) is 4.90. The fraction of sp³-hybridized carbons (Fsp3) is 0.778. The Labute approximate surface area is 132 Å². The summed E-state index contributed by atoms with van der Waals surface area (Å²) in [5.41, 5.74) is 2.23. The SMILES string of the molecule is CCO[C@H]1C[C@H](n2cnc3c2C(=O)CC(C)(C)C3)C12CCC2. The molecule has 0 bridgehead atoms. The molecule has 120 valence electrons. The fourth-order valence-electron chi connectivity index (χ4n) is 4.90. The zero-order valence-electron chi connectivity index (χ0n) is 13.9. The van der Waals surface area contributed by atoms with Gasteiger partial charge in [0.1, 0.15) is 5.69 Å². The van der Waals surface area contributed by atoms with Crippen LogP contribution >= 0.6 is 0 Å². The van der Waals surface area contributed by atoms with Gasteiger partial charge >= 0.3 is 0 Å². The summed E-state index contributed by atoms with van der Waals surface area (Å²) in [5, 5.41) is 0. The third kappa shape index (κ3) is 1.86. The lowest BCUT2D eigenvalue weighted by Gasteiger charge is -2.61. The Bertz CT molecular complexity index is 613. The van der Waals surface area contributed by atoms with Gasteiger partial charge in [0.2, 0.25) is 0 Å². The van der Waals surface area contributed by atoms with E-state index < -0.39 is 0 Å². The van der Waals surface area contributed by atoms with Crippen molar-refractivity contribution in [3.63, 3.8) is 0 Å². The highest BCUT2D eigenvalue weighted by atomic mass is 16.5. The standard InChI is InChI=1S/C18H26N2O2/c1-4-22-15-8-14(18(15)6-5-7-18)20-11-19-12-9-17(2,3)10-13(21)16(12)20/h11,14-15H,4-10H2,1-3H3/t14-,15-/m0/s1. The van der Waals surface area contributed by atoms with Gasteiger partial charge in [0.15, 0.2) is 5.78 Å². The van der Waals surface area contributed by atoms with Crippen LogP contribution in [0.5, 0.6) is 0 Å². The van der Waals surface area contributed by atoms with E-state index in [9.17, 15) is 4.79 Å². The first kappa shape index (κ1) is 14.4. The van der Waals surface area contributed by atoms with Crippen molar-refractivity contribution in [2.24, 2.45) is 10.8 Å². The Morgan fingerprint density at radius 3 is 2.77 bits per heavy atom. The molecule has 4 heteroatoms. The molecule has 0 N–H and O–H groups in total. The molecule has 0 aromatic carbocycles. The van der Waals surface area contributed by atoms with E-state index in [0.717, 1.165) is 30.8 Å². The molecule has 2 fully saturated rings. The molecule has 3 aliphatic rings. The normalized spacial score (nSPS) is 31.5. The molecule has 1 aromatic rings. The summed E-state index contributed by atoms with van der Waals surface area (Å²) in [6.45, 7) is 7.18. The highest BCUT2D eigenvalue weighted by Crippen LogP contribution is 2.63. The Morgan fingerprint density at radius 1 is 1.36 bits per heavy atom. The number of aromatic nitrogens is 2. The summed E-state index contributed by atoms with van der Waals surface area (Å²) >= 11 is 0. The van der Waals surface area contributed by atoms with Crippen LogP contribution in [0.1, 0.15) is 75.1 Å². The van der Waals surface area contributed by atoms with Gasteiger partial charge in [-0.3, -0.25) is 4.79 Å². The number of hydrogen-bond acceptors (Lipinski definition) is 3. The summed E-state index contributed by atoms with van der Waals surface area (Å²) in [5.74, 6) is 0.276. The number of nitrogens with zero attached hydrogens (tertiary/aromatic N) is 2. The van der Waals surface area contributed by atoms with E-state index in [2.05, 4.69) is 30.3 Å². The van der Waals surface area contributed by atoms with Crippen LogP contribution in [0.3, 0.4) is 0 Å². The first-order valence-electron chi connectivity index (χ1n) is 8.67. The second-order valence-corrected chi connectivity index (χ2v) is 8.17. The highest BCUT2D eigenvalue weighted by molar-refractivity contribution is 5.97. The van der Waals surface area contributed by atoms with Crippen molar-refractivity contribution in [1.82, 2.24) is 9.55 Å². The van der Waals surface area contributed by atoms with Crippen LogP contribution in [-0.2, 0) is 11.2 Å². The van der Waals surface area contributed by atoms with E-state index in [0.29, 0.717) is 18.6 Å². The minimum Gasteiger partial charge on any atom is -0.378 e. The predicted octanol–water partition coefficient (Wildman–Crippen LogP) is 3.56. The third-order valence-corrected chi connectivity index (χ3v) is 6.15. The Hall–Kier alpha value is -1.16. The van der Waals surface area contributed by atoms with E-state index in [1.54, 1.807) is 0 Å². The first-order chi connectivity index (χ1) is 10.5. The molecule has 3 aliphatic carbocycles. The van der Waals surface area contributed by atoms with Crippen molar-refractivity contribution in [2.45, 2.75) is 71.4 Å². The zero-order valence-corrected chi connectivity index (χ0v) is 13.9. The van der Waals surface area contributed by atoms with Gasteiger partial charge in [-0.15, -0.1) is 0 Å². The number of fused-ring (bicyclic) bond motifs is 1. The molecule has 0 amide bonds. The maximum atomic E-state index is 12.7. The predicted molar refractivity (Wildman–Crippen MR) is 84.0 cm³/mol. The van der Waals surface area contributed by atoms with Crippen molar-refractivity contribution in [1.29, 1.82) is 0 Å². The van der Waals surface area contributed by atoms with Gasteiger partial charge in [-0.1, -0.05) is 20.3 Å². The van der Waals surface area contributed by atoms with Gasteiger partial charge in [-0.05, 0) is 38.0 Å². The minimum atomic E-state index is 0.0465. The maximum absolute atomic E-state index is 12.7. The lowest BCUT2D eigenvalue weighted by Crippen LogP contribution is -2.59. The average molecular weight is 302 g/mol. The molecule has 1 aromatic heterocycles. The van der Waals surface area contributed by atoms with E-state index in [1.807, 2.05) is 6.33 Å². The van der Waals surface area contributed by atoms with Gasteiger partial charge in [0.05, 0.1) is 18.1 Å². The second kappa shape index (κ2) is 4.67. The Morgan fingerprint density at radius 2 is 2.14 bits per heavy atom. The summed E-state index contributed by atoms with van der Waals surface area (Å²) < 4.78 is 8.16. The molecule has 0 saturated heterocycles. The van der Waals surface area contributed by atoms with Crippen LogP contribution in [0.25, 0.3) is 0 Å². The molecular formula is C18H26N2O2. The van der Waals surface area contributed by atoms with E-state index in [1.165, 1.54) is 19.3 Å². The lowest BCUT2D eigenvalue weighted by molar-refractivity contribution is -0.186. The smallest absolute Gasteiger partial charge is 0.181 e. The number of rotatable bonds is 3. The highest BCUT2D eigenvalue weighted by Gasteiger charge is 2.60. The third-order valence-electron chi connectivity index (χ3n) is 6.15. The molecule has 0 aliphatic heterocycles. The molecule has 4 nitrogen and oxygen atoms in total. The van der Waals surface area contributed by atoms with Crippen LogP contribution in [0.2, 0.25) is 0 Å². The molecule has 22 heavy (non-hydrogen) atoms. The van der Waals surface area contributed by atoms with Crippen molar-refractivity contribution in [3.05, 3.63) is 17.7 Å². The minimum absolute atomic E-state index is 0.0465. The van der Waals surface area contributed by atoms with Gasteiger partial charge in [0, 0.05) is 24.5 Å². The van der Waals surface area contributed by atoms with Crippen LogP contribution in [0.15, 0.2) is 6.33 Å². The topological polar surface area (TPSA) is 44.1 Å². The molecule has 0 radical (unpaired) electrons. The number of ketones is 1. The number of carbonyl (C=O) groups excluding carboxylic acids is 1. The van der Waals surface area contributed by atoms with Gasteiger partial charge in [-0.2, -0.15) is 0 Å². The maximum Gasteiger partial charge on any atom is 0.181 e. The van der Waals surface area contributed by atoms with Crippen LogP contribution < -0.4 is 0 Å². The molecule has 2 saturated carbocycles. The first-order valence-corrected chi connectivity index (χ1v) is 8.67.